The fraction of sp³-hybridized carbons (Fsp3) is 1.00. The summed E-state index contributed by atoms with van der Waals surface area (Å²) in [5.74, 6) is 1.68. The van der Waals surface area contributed by atoms with Gasteiger partial charge in [-0.1, -0.05) is 13.8 Å². The van der Waals surface area contributed by atoms with E-state index in [1.165, 1.54) is 6.42 Å². The normalized spacial score (nSPS) is 31.1. The van der Waals surface area contributed by atoms with Gasteiger partial charge in [-0.05, 0) is 37.9 Å². The summed E-state index contributed by atoms with van der Waals surface area (Å²) < 4.78 is 5.96. The SMILES string of the molecule is CC(C)C1CC1O[Si](C)(C)C. The molecule has 0 aromatic carbocycles. The summed E-state index contributed by atoms with van der Waals surface area (Å²) in [6.07, 6.45) is 1.92. The van der Waals surface area contributed by atoms with Gasteiger partial charge >= 0.3 is 0 Å². The van der Waals surface area contributed by atoms with E-state index in [0.29, 0.717) is 6.10 Å². The van der Waals surface area contributed by atoms with Crippen LogP contribution < -0.4 is 0 Å². The minimum absolute atomic E-state index is 0.613. The molecule has 0 amide bonds. The molecule has 66 valence electrons. The molecule has 1 aliphatic carbocycles. The molecule has 1 nitrogen and oxygen atoms in total. The van der Waals surface area contributed by atoms with Crippen LogP contribution in [0, 0.1) is 11.8 Å². The predicted octanol–water partition coefficient (Wildman–Crippen LogP) is 2.88. The molecule has 2 unspecified atom stereocenters. The van der Waals surface area contributed by atoms with Gasteiger partial charge in [0.2, 0.25) is 0 Å². The second kappa shape index (κ2) is 2.90. The van der Waals surface area contributed by atoms with Gasteiger partial charge in [0.05, 0.1) is 0 Å². The van der Waals surface area contributed by atoms with E-state index < -0.39 is 8.32 Å². The van der Waals surface area contributed by atoms with Crippen molar-refractivity contribution >= 4 is 8.32 Å². The summed E-state index contributed by atoms with van der Waals surface area (Å²) in [6.45, 7) is 11.4. The Morgan fingerprint density at radius 1 is 1.27 bits per heavy atom. The van der Waals surface area contributed by atoms with E-state index in [1.807, 2.05) is 0 Å². The second-order valence-electron chi connectivity index (χ2n) is 4.91. The molecule has 1 rings (SSSR count). The van der Waals surface area contributed by atoms with Gasteiger partial charge in [-0.15, -0.1) is 0 Å². The van der Waals surface area contributed by atoms with E-state index in [9.17, 15) is 0 Å². The minimum atomic E-state index is -1.25. The van der Waals surface area contributed by atoms with E-state index in [0.717, 1.165) is 11.8 Å². The van der Waals surface area contributed by atoms with Gasteiger partial charge < -0.3 is 4.43 Å². The van der Waals surface area contributed by atoms with Gasteiger partial charge in [0, 0.05) is 6.10 Å². The Kier molecular flexibility index (Phi) is 2.45. The van der Waals surface area contributed by atoms with Crippen molar-refractivity contribution in [3.05, 3.63) is 0 Å². The third-order valence-electron chi connectivity index (χ3n) is 2.14. The highest BCUT2D eigenvalue weighted by atomic mass is 28.4. The molecule has 0 heterocycles. The molecule has 1 aliphatic rings. The summed E-state index contributed by atoms with van der Waals surface area (Å²) in [5, 5.41) is 0. The molecule has 0 spiro atoms. The van der Waals surface area contributed by atoms with Crippen LogP contribution in [0.2, 0.25) is 19.6 Å². The lowest BCUT2D eigenvalue weighted by molar-refractivity contribution is 0.262. The maximum absolute atomic E-state index is 5.96. The molecule has 0 aliphatic heterocycles. The summed E-state index contributed by atoms with van der Waals surface area (Å²) in [5.41, 5.74) is 0. The number of hydrogen-bond donors (Lipinski definition) is 0. The zero-order valence-corrected chi connectivity index (χ0v) is 9.35. The first-order chi connectivity index (χ1) is 4.90. The molecule has 2 atom stereocenters. The molecular weight excluding hydrogens is 152 g/mol. The maximum atomic E-state index is 5.96. The molecule has 1 fully saturated rings. The van der Waals surface area contributed by atoms with Crippen molar-refractivity contribution in [2.45, 2.75) is 46.0 Å². The summed E-state index contributed by atoms with van der Waals surface area (Å²) >= 11 is 0. The monoisotopic (exact) mass is 172 g/mol. The zero-order valence-electron chi connectivity index (χ0n) is 8.35. The van der Waals surface area contributed by atoms with Crippen LogP contribution in [0.3, 0.4) is 0 Å². The van der Waals surface area contributed by atoms with E-state index in [4.69, 9.17) is 4.43 Å². The van der Waals surface area contributed by atoms with E-state index in [1.54, 1.807) is 0 Å². The molecule has 0 aromatic rings. The summed E-state index contributed by atoms with van der Waals surface area (Å²) in [7, 11) is -1.25. The third kappa shape index (κ3) is 2.95. The van der Waals surface area contributed by atoms with Gasteiger partial charge in [0.15, 0.2) is 8.32 Å². The molecule has 0 radical (unpaired) electrons. The lowest BCUT2D eigenvalue weighted by Gasteiger charge is -2.17. The Hall–Kier alpha value is 0.177. The lowest BCUT2D eigenvalue weighted by atomic mass is 10.1. The largest absolute Gasteiger partial charge is 0.414 e. The molecule has 0 saturated heterocycles. The quantitative estimate of drug-likeness (QED) is 0.595. The van der Waals surface area contributed by atoms with Gasteiger partial charge in [0.1, 0.15) is 0 Å². The van der Waals surface area contributed by atoms with Crippen LogP contribution in [-0.2, 0) is 4.43 Å². The summed E-state index contributed by atoms with van der Waals surface area (Å²) in [4.78, 5) is 0. The third-order valence-corrected chi connectivity index (χ3v) is 3.15. The Morgan fingerprint density at radius 3 is 2.09 bits per heavy atom. The van der Waals surface area contributed by atoms with Crippen molar-refractivity contribution in [1.29, 1.82) is 0 Å². The smallest absolute Gasteiger partial charge is 0.184 e. The van der Waals surface area contributed by atoms with Crippen LogP contribution >= 0.6 is 0 Å². The fourth-order valence-electron chi connectivity index (χ4n) is 1.48. The first kappa shape index (κ1) is 9.27. The van der Waals surface area contributed by atoms with Crippen molar-refractivity contribution in [3.8, 4) is 0 Å². The van der Waals surface area contributed by atoms with Crippen LogP contribution in [-0.4, -0.2) is 14.4 Å². The first-order valence-electron chi connectivity index (χ1n) is 4.58. The lowest BCUT2D eigenvalue weighted by Crippen LogP contribution is -2.27. The van der Waals surface area contributed by atoms with Crippen molar-refractivity contribution in [1.82, 2.24) is 0 Å². The zero-order chi connectivity index (χ0) is 8.65. The predicted molar refractivity (Wildman–Crippen MR) is 51.2 cm³/mol. The van der Waals surface area contributed by atoms with Crippen LogP contribution in [0.25, 0.3) is 0 Å². The van der Waals surface area contributed by atoms with Gasteiger partial charge in [-0.3, -0.25) is 0 Å². The van der Waals surface area contributed by atoms with E-state index in [-0.39, 0.29) is 0 Å². The molecule has 0 bridgehead atoms. The Balaban J connectivity index is 2.24. The van der Waals surface area contributed by atoms with Crippen LogP contribution in [0.15, 0.2) is 0 Å². The molecule has 2 heteroatoms. The summed E-state index contributed by atoms with van der Waals surface area (Å²) in [6, 6.07) is 0. The van der Waals surface area contributed by atoms with Crippen molar-refractivity contribution in [2.24, 2.45) is 11.8 Å². The standard InChI is InChI=1S/C9H20OSi/c1-7(2)8-6-9(8)10-11(3,4)5/h7-9H,6H2,1-5H3. The van der Waals surface area contributed by atoms with Crippen molar-refractivity contribution < 1.29 is 4.43 Å². The Morgan fingerprint density at radius 2 is 1.82 bits per heavy atom. The Labute approximate surface area is 71.3 Å². The van der Waals surface area contributed by atoms with Gasteiger partial charge in [-0.2, -0.15) is 0 Å². The van der Waals surface area contributed by atoms with Crippen molar-refractivity contribution in [2.75, 3.05) is 0 Å². The molecule has 0 N–H and O–H groups in total. The van der Waals surface area contributed by atoms with Crippen LogP contribution in [0.1, 0.15) is 20.3 Å². The maximum Gasteiger partial charge on any atom is 0.184 e. The average molecular weight is 172 g/mol. The average Bonchev–Trinajstić information content (AvgIpc) is 2.40. The Bertz CT molecular complexity index is 137. The highest BCUT2D eigenvalue weighted by Crippen LogP contribution is 2.41. The first-order valence-corrected chi connectivity index (χ1v) is 7.99. The van der Waals surface area contributed by atoms with E-state index >= 15 is 0 Å². The fourth-order valence-corrected chi connectivity index (χ4v) is 2.66. The minimum Gasteiger partial charge on any atom is -0.414 e. The van der Waals surface area contributed by atoms with Gasteiger partial charge in [-0.25, -0.2) is 0 Å². The van der Waals surface area contributed by atoms with Crippen LogP contribution in [0.4, 0.5) is 0 Å². The highest BCUT2D eigenvalue weighted by Gasteiger charge is 2.42. The van der Waals surface area contributed by atoms with E-state index in [2.05, 4.69) is 33.5 Å². The van der Waals surface area contributed by atoms with Gasteiger partial charge in [0.25, 0.3) is 0 Å². The van der Waals surface area contributed by atoms with Crippen molar-refractivity contribution in [3.63, 3.8) is 0 Å². The molecular formula is C9H20OSi. The van der Waals surface area contributed by atoms with Crippen LogP contribution in [0.5, 0.6) is 0 Å². The second-order valence-corrected chi connectivity index (χ2v) is 9.37. The highest BCUT2D eigenvalue weighted by molar-refractivity contribution is 6.69. The topological polar surface area (TPSA) is 9.23 Å². The number of hydrogen-bond acceptors (Lipinski definition) is 1. The number of rotatable bonds is 3. The molecule has 11 heavy (non-hydrogen) atoms. The molecule has 1 saturated carbocycles. The molecule has 0 aromatic heterocycles.